The molecule has 5 nitrogen and oxygen atoms in total. The van der Waals surface area contributed by atoms with Crippen LogP contribution in [0.1, 0.15) is 5.69 Å². The first-order chi connectivity index (χ1) is 11.7. The van der Waals surface area contributed by atoms with Crippen LogP contribution in [-0.2, 0) is 0 Å². The Hall–Kier alpha value is -3.21. The van der Waals surface area contributed by atoms with Crippen molar-refractivity contribution in [2.75, 3.05) is 12.4 Å². The molecule has 1 aromatic carbocycles. The van der Waals surface area contributed by atoms with Crippen LogP contribution in [0.4, 0.5) is 11.5 Å². The third-order valence-electron chi connectivity index (χ3n) is 4.03. The molecule has 2 N–H and O–H groups in total. The zero-order valence-electron chi connectivity index (χ0n) is 13.6. The molecule has 0 atom stereocenters. The summed E-state index contributed by atoms with van der Waals surface area (Å²) in [6, 6.07) is 16.0. The van der Waals surface area contributed by atoms with Gasteiger partial charge in [0, 0.05) is 23.6 Å². The molecule has 0 aliphatic carbocycles. The highest BCUT2D eigenvalue weighted by atomic mass is 16.5. The summed E-state index contributed by atoms with van der Waals surface area (Å²) < 4.78 is 7.29. The molecule has 5 heteroatoms. The van der Waals surface area contributed by atoms with Gasteiger partial charge in [-0.25, -0.2) is 4.98 Å². The monoisotopic (exact) mass is 318 g/mol. The quantitative estimate of drug-likeness (QED) is 0.587. The van der Waals surface area contributed by atoms with Crippen molar-refractivity contribution in [2.45, 2.75) is 6.92 Å². The zero-order chi connectivity index (χ0) is 16.5. The molecular weight excluding hydrogens is 300 g/mol. The van der Waals surface area contributed by atoms with Gasteiger partial charge >= 0.3 is 0 Å². The number of methoxy groups -OCH3 is 1. The molecule has 24 heavy (non-hydrogen) atoms. The van der Waals surface area contributed by atoms with E-state index in [-0.39, 0.29) is 0 Å². The van der Waals surface area contributed by atoms with Crippen LogP contribution < -0.4 is 10.1 Å². The average Bonchev–Trinajstić information content (AvgIpc) is 3.18. The van der Waals surface area contributed by atoms with Crippen molar-refractivity contribution in [1.29, 1.82) is 0 Å². The first-order valence-electron chi connectivity index (χ1n) is 7.78. The summed E-state index contributed by atoms with van der Waals surface area (Å²) in [6.07, 6.45) is 4.03. The molecule has 0 amide bonds. The third-order valence-corrected chi connectivity index (χ3v) is 4.03. The van der Waals surface area contributed by atoms with Crippen LogP contribution in [0.15, 0.2) is 60.9 Å². The molecule has 0 fully saturated rings. The number of nitrogens with zero attached hydrogens (tertiary/aromatic N) is 2. The molecule has 0 bridgehead atoms. The second kappa shape index (κ2) is 5.77. The van der Waals surface area contributed by atoms with Crippen molar-refractivity contribution in [2.24, 2.45) is 0 Å². The molecule has 4 aromatic rings. The summed E-state index contributed by atoms with van der Waals surface area (Å²) in [7, 11) is 1.66. The molecule has 4 rings (SSSR count). The average molecular weight is 318 g/mol. The minimum Gasteiger partial charge on any atom is -0.497 e. The van der Waals surface area contributed by atoms with Gasteiger partial charge in [-0.05, 0) is 49.4 Å². The molecule has 0 aliphatic rings. The maximum absolute atomic E-state index is 5.18. The van der Waals surface area contributed by atoms with Gasteiger partial charge in [0.1, 0.15) is 17.2 Å². The first-order valence-corrected chi connectivity index (χ1v) is 7.78. The van der Waals surface area contributed by atoms with Gasteiger partial charge in [0.25, 0.3) is 0 Å². The minimum atomic E-state index is 0.842. The second-order valence-electron chi connectivity index (χ2n) is 5.63. The fourth-order valence-electron chi connectivity index (χ4n) is 2.89. The van der Waals surface area contributed by atoms with E-state index in [0.717, 1.165) is 39.9 Å². The molecule has 120 valence electrons. The van der Waals surface area contributed by atoms with Gasteiger partial charge in [0.2, 0.25) is 0 Å². The largest absolute Gasteiger partial charge is 0.497 e. The number of imidazole rings is 1. The Morgan fingerprint density at radius 2 is 1.96 bits per heavy atom. The summed E-state index contributed by atoms with van der Waals surface area (Å²) in [5.41, 5.74) is 5.16. The Labute approximate surface area is 139 Å². The number of fused-ring (bicyclic) bond motifs is 1. The number of aryl methyl sites for hydroxylation is 1. The smallest absolute Gasteiger partial charge is 0.137 e. The normalized spacial score (nSPS) is 10.9. The zero-order valence-corrected chi connectivity index (χ0v) is 13.6. The lowest BCUT2D eigenvalue weighted by molar-refractivity contribution is 0.415. The number of rotatable bonds is 4. The number of H-pyrrole nitrogens is 1. The summed E-state index contributed by atoms with van der Waals surface area (Å²) in [6.45, 7) is 2.03. The summed E-state index contributed by atoms with van der Waals surface area (Å²) >= 11 is 0. The predicted octanol–water partition coefficient (Wildman–Crippen LogP) is 4.39. The van der Waals surface area contributed by atoms with Crippen LogP contribution in [-0.4, -0.2) is 21.5 Å². The molecule has 3 heterocycles. The third kappa shape index (κ3) is 2.50. The van der Waals surface area contributed by atoms with Gasteiger partial charge in [-0.2, -0.15) is 0 Å². The molecule has 0 spiro atoms. The summed E-state index contributed by atoms with van der Waals surface area (Å²) in [5.74, 6) is 1.77. The van der Waals surface area contributed by atoms with Gasteiger partial charge in [-0.1, -0.05) is 6.07 Å². The summed E-state index contributed by atoms with van der Waals surface area (Å²) in [4.78, 5) is 7.90. The molecule has 3 aromatic heterocycles. The van der Waals surface area contributed by atoms with Gasteiger partial charge < -0.3 is 15.0 Å². The van der Waals surface area contributed by atoms with Gasteiger partial charge in [0.15, 0.2) is 0 Å². The number of hydrogen-bond donors (Lipinski definition) is 2. The van der Waals surface area contributed by atoms with Crippen LogP contribution in [0.25, 0.3) is 16.9 Å². The number of hydrogen-bond acceptors (Lipinski definition) is 3. The highest BCUT2D eigenvalue weighted by Crippen LogP contribution is 2.28. The molecule has 0 radical (unpaired) electrons. The van der Waals surface area contributed by atoms with Gasteiger partial charge in [-0.15, -0.1) is 0 Å². The van der Waals surface area contributed by atoms with Crippen molar-refractivity contribution in [3.63, 3.8) is 0 Å². The van der Waals surface area contributed by atoms with Crippen LogP contribution >= 0.6 is 0 Å². The van der Waals surface area contributed by atoms with Crippen LogP contribution in [0, 0.1) is 6.92 Å². The maximum Gasteiger partial charge on any atom is 0.137 e. The van der Waals surface area contributed by atoms with Crippen molar-refractivity contribution < 1.29 is 4.74 Å². The fourth-order valence-corrected chi connectivity index (χ4v) is 2.89. The van der Waals surface area contributed by atoms with Gasteiger partial charge in [0.05, 0.1) is 18.5 Å². The first kappa shape index (κ1) is 14.4. The Morgan fingerprint density at radius 3 is 2.75 bits per heavy atom. The number of aromatic amines is 1. The lowest BCUT2D eigenvalue weighted by Crippen LogP contribution is -1.90. The standard InChI is InChI=1S/C19H18N4O/c1-13-19(23-10-4-3-5-18(23)21-13)14-11-17(20-12-14)22-15-6-8-16(24-2)9-7-15/h3-12,20,22H,1-2H3. The number of nitrogens with one attached hydrogen (secondary N) is 2. The lowest BCUT2D eigenvalue weighted by atomic mass is 10.2. The van der Waals surface area contributed by atoms with Crippen molar-refractivity contribution >= 4 is 17.2 Å². The molecule has 0 saturated heterocycles. The predicted molar refractivity (Wildman–Crippen MR) is 96.0 cm³/mol. The Morgan fingerprint density at radius 1 is 1.12 bits per heavy atom. The topological polar surface area (TPSA) is 54.4 Å². The van der Waals surface area contributed by atoms with E-state index in [1.807, 2.05) is 61.8 Å². The molecular formula is C19H18N4O. The van der Waals surface area contributed by atoms with E-state index in [9.17, 15) is 0 Å². The SMILES string of the molecule is COc1ccc(Nc2cc(-c3c(C)nc4ccccn34)c[nH]2)cc1. The van der Waals surface area contributed by atoms with E-state index in [1.54, 1.807) is 7.11 Å². The van der Waals surface area contributed by atoms with E-state index in [1.165, 1.54) is 0 Å². The number of aromatic nitrogens is 3. The highest BCUT2D eigenvalue weighted by Gasteiger charge is 2.12. The number of pyridine rings is 1. The van der Waals surface area contributed by atoms with Gasteiger partial charge in [-0.3, -0.25) is 4.40 Å². The molecule has 0 aliphatic heterocycles. The van der Waals surface area contributed by atoms with Crippen LogP contribution in [0.5, 0.6) is 5.75 Å². The second-order valence-corrected chi connectivity index (χ2v) is 5.63. The Balaban J connectivity index is 1.65. The number of benzene rings is 1. The Kier molecular flexibility index (Phi) is 3.46. The lowest BCUT2D eigenvalue weighted by Gasteiger charge is -2.05. The Bertz CT molecular complexity index is 982. The van der Waals surface area contributed by atoms with Crippen molar-refractivity contribution in [1.82, 2.24) is 14.4 Å². The molecule has 0 unspecified atom stereocenters. The minimum absolute atomic E-state index is 0.842. The van der Waals surface area contributed by atoms with E-state index in [0.29, 0.717) is 0 Å². The van der Waals surface area contributed by atoms with E-state index < -0.39 is 0 Å². The number of ether oxygens (including phenoxy) is 1. The van der Waals surface area contributed by atoms with Crippen molar-refractivity contribution in [3.05, 3.63) is 66.6 Å². The van der Waals surface area contributed by atoms with E-state index >= 15 is 0 Å². The van der Waals surface area contributed by atoms with E-state index in [2.05, 4.69) is 25.8 Å². The molecule has 0 saturated carbocycles. The fraction of sp³-hybridized carbons (Fsp3) is 0.105. The maximum atomic E-state index is 5.18. The van der Waals surface area contributed by atoms with Crippen molar-refractivity contribution in [3.8, 4) is 17.0 Å². The summed E-state index contributed by atoms with van der Waals surface area (Å²) in [5, 5.41) is 3.36. The number of anilines is 2. The highest BCUT2D eigenvalue weighted by molar-refractivity contribution is 5.71. The van der Waals surface area contributed by atoms with Crippen LogP contribution in [0.2, 0.25) is 0 Å². The van der Waals surface area contributed by atoms with E-state index in [4.69, 9.17) is 4.74 Å². The van der Waals surface area contributed by atoms with Crippen LogP contribution in [0.3, 0.4) is 0 Å².